The monoisotopic (exact) mass is 316 g/mol. The topological polar surface area (TPSA) is 43.4 Å². The molecule has 0 aliphatic heterocycles. The molecule has 0 N–H and O–H groups in total. The average molecular weight is 316 g/mol. The molecule has 0 spiro atoms. The van der Waals surface area contributed by atoms with E-state index in [1.165, 1.54) is 30.3 Å². The summed E-state index contributed by atoms with van der Waals surface area (Å²) in [7, 11) is 0. The number of benzene rings is 2. The second-order valence-electron chi connectivity index (χ2n) is 4.68. The Labute approximate surface area is 132 Å². The van der Waals surface area contributed by atoms with Gasteiger partial charge in [0.1, 0.15) is 6.61 Å². The Morgan fingerprint density at radius 3 is 2.13 bits per heavy atom. The van der Waals surface area contributed by atoms with Crippen LogP contribution in [0.3, 0.4) is 0 Å². The van der Waals surface area contributed by atoms with E-state index in [1.807, 2.05) is 30.3 Å². The number of carbonyl (C=O) groups excluding carboxylic acids is 2. The average Bonchev–Trinajstić information content (AvgIpc) is 2.59. The molecule has 0 fully saturated rings. The highest BCUT2D eigenvalue weighted by Gasteiger charge is 2.49. The standard InChI is InChI=1S/C18H14F2O3/c19-18(20,16(21)15-11-5-2-6-12-15)17(22)23-13-7-10-14-8-3-1-4-9-14/h1-12H,13H2/b10-7+. The maximum Gasteiger partial charge on any atom is 0.404 e. The molecule has 0 aliphatic carbocycles. The SMILES string of the molecule is O=C(OC/C=C/c1ccccc1)C(F)(F)C(=O)c1ccccc1. The van der Waals surface area contributed by atoms with E-state index < -0.39 is 17.7 Å². The fraction of sp³-hybridized carbons (Fsp3) is 0.111. The summed E-state index contributed by atoms with van der Waals surface area (Å²) in [6.07, 6.45) is 3.06. The molecule has 2 rings (SSSR count). The fourth-order valence-corrected chi connectivity index (χ4v) is 1.83. The van der Waals surface area contributed by atoms with E-state index in [9.17, 15) is 18.4 Å². The van der Waals surface area contributed by atoms with Crippen molar-refractivity contribution in [3.05, 3.63) is 77.9 Å². The molecular weight excluding hydrogens is 302 g/mol. The minimum Gasteiger partial charge on any atom is -0.457 e. The number of hydrogen-bond acceptors (Lipinski definition) is 3. The maximum absolute atomic E-state index is 13.8. The van der Waals surface area contributed by atoms with Crippen molar-refractivity contribution >= 4 is 17.8 Å². The molecule has 0 atom stereocenters. The zero-order valence-corrected chi connectivity index (χ0v) is 12.1. The third-order valence-corrected chi connectivity index (χ3v) is 3.00. The maximum atomic E-state index is 13.8. The minimum absolute atomic E-state index is 0.241. The number of rotatable bonds is 6. The normalized spacial score (nSPS) is 11.4. The molecule has 0 saturated heterocycles. The van der Waals surface area contributed by atoms with Gasteiger partial charge in [-0.3, -0.25) is 4.79 Å². The van der Waals surface area contributed by atoms with Gasteiger partial charge in [0.05, 0.1) is 0 Å². The van der Waals surface area contributed by atoms with Crippen molar-refractivity contribution in [3.8, 4) is 0 Å². The Morgan fingerprint density at radius 2 is 1.52 bits per heavy atom. The first-order chi connectivity index (χ1) is 11.0. The first-order valence-corrected chi connectivity index (χ1v) is 6.88. The zero-order chi connectivity index (χ0) is 16.7. The number of alkyl halides is 2. The minimum atomic E-state index is -4.21. The summed E-state index contributed by atoms with van der Waals surface area (Å²) >= 11 is 0. The van der Waals surface area contributed by atoms with Gasteiger partial charge >= 0.3 is 11.9 Å². The van der Waals surface area contributed by atoms with Gasteiger partial charge < -0.3 is 4.74 Å². The number of ether oxygens (including phenoxy) is 1. The van der Waals surface area contributed by atoms with E-state index in [0.717, 1.165) is 5.56 Å². The van der Waals surface area contributed by atoms with Gasteiger partial charge in [-0.1, -0.05) is 66.7 Å². The highest BCUT2D eigenvalue weighted by Crippen LogP contribution is 2.22. The van der Waals surface area contributed by atoms with Crippen LogP contribution in [0.2, 0.25) is 0 Å². The summed E-state index contributed by atoms with van der Waals surface area (Å²) in [5.41, 5.74) is 0.602. The summed E-state index contributed by atoms with van der Waals surface area (Å²) < 4.78 is 32.1. The Kier molecular flexibility index (Phi) is 5.36. The molecule has 0 aromatic heterocycles. The van der Waals surface area contributed by atoms with Crippen LogP contribution in [-0.4, -0.2) is 24.3 Å². The zero-order valence-electron chi connectivity index (χ0n) is 12.1. The smallest absolute Gasteiger partial charge is 0.404 e. The fourth-order valence-electron chi connectivity index (χ4n) is 1.83. The van der Waals surface area contributed by atoms with Gasteiger partial charge in [-0.05, 0) is 11.6 Å². The highest BCUT2D eigenvalue weighted by atomic mass is 19.3. The van der Waals surface area contributed by atoms with Gasteiger partial charge in [0.2, 0.25) is 5.78 Å². The van der Waals surface area contributed by atoms with Gasteiger partial charge in [-0.25, -0.2) is 4.79 Å². The molecule has 0 unspecified atom stereocenters. The van der Waals surface area contributed by atoms with Crippen LogP contribution in [0, 0.1) is 0 Å². The van der Waals surface area contributed by atoms with Gasteiger partial charge in [-0.2, -0.15) is 8.78 Å². The summed E-state index contributed by atoms with van der Waals surface area (Å²) in [5.74, 6) is -7.64. The number of Topliss-reactive ketones (excluding diaryl/α,β-unsaturated/α-hetero) is 1. The molecule has 0 radical (unpaired) electrons. The molecule has 5 heteroatoms. The number of ketones is 1. The van der Waals surface area contributed by atoms with Crippen LogP contribution in [0.5, 0.6) is 0 Å². The molecule has 118 valence electrons. The molecular formula is C18H14F2O3. The Hall–Kier alpha value is -2.82. The number of carbonyl (C=O) groups is 2. The lowest BCUT2D eigenvalue weighted by atomic mass is 10.1. The summed E-state index contributed by atoms with van der Waals surface area (Å²) in [6.45, 7) is -0.342. The van der Waals surface area contributed by atoms with Crippen molar-refractivity contribution in [1.82, 2.24) is 0 Å². The molecule has 0 amide bonds. The number of hydrogen-bond donors (Lipinski definition) is 0. The van der Waals surface area contributed by atoms with E-state index in [2.05, 4.69) is 4.74 Å². The lowest BCUT2D eigenvalue weighted by Gasteiger charge is -2.13. The molecule has 0 heterocycles. The van der Waals surface area contributed by atoms with E-state index in [0.29, 0.717) is 0 Å². The predicted octanol–water partition coefficient (Wildman–Crippen LogP) is 3.76. The highest BCUT2D eigenvalue weighted by molar-refractivity contribution is 6.13. The molecule has 0 saturated carbocycles. The molecule has 2 aromatic carbocycles. The van der Waals surface area contributed by atoms with Gasteiger partial charge in [-0.15, -0.1) is 0 Å². The lowest BCUT2D eigenvalue weighted by molar-refractivity contribution is -0.163. The Bertz CT molecular complexity index is 695. The second-order valence-corrected chi connectivity index (χ2v) is 4.68. The Morgan fingerprint density at radius 1 is 0.957 bits per heavy atom. The number of esters is 1. The molecule has 23 heavy (non-hydrogen) atoms. The van der Waals surface area contributed by atoms with Crippen LogP contribution < -0.4 is 0 Å². The predicted molar refractivity (Wildman–Crippen MR) is 82.2 cm³/mol. The molecule has 0 bridgehead atoms. The summed E-state index contributed by atoms with van der Waals surface area (Å²) in [5, 5.41) is 0. The van der Waals surface area contributed by atoms with Crippen molar-refractivity contribution < 1.29 is 23.1 Å². The van der Waals surface area contributed by atoms with Crippen LogP contribution in [-0.2, 0) is 9.53 Å². The van der Waals surface area contributed by atoms with Crippen LogP contribution in [0.1, 0.15) is 15.9 Å². The lowest BCUT2D eigenvalue weighted by Crippen LogP contribution is -2.39. The van der Waals surface area contributed by atoms with E-state index in [-0.39, 0.29) is 12.2 Å². The van der Waals surface area contributed by atoms with E-state index >= 15 is 0 Å². The first kappa shape index (κ1) is 16.5. The largest absolute Gasteiger partial charge is 0.457 e. The van der Waals surface area contributed by atoms with Gasteiger partial charge in [0.25, 0.3) is 0 Å². The molecule has 2 aromatic rings. The van der Waals surface area contributed by atoms with Crippen LogP contribution in [0.4, 0.5) is 8.78 Å². The van der Waals surface area contributed by atoms with Crippen molar-refractivity contribution in [1.29, 1.82) is 0 Å². The second kappa shape index (κ2) is 7.45. The van der Waals surface area contributed by atoms with E-state index in [4.69, 9.17) is 0 Å². The van der Waals surface area contributed by atoms with Gasteiger partial charge in [0, 0.05) is 5.56 Å². The quantitative estimate of drug-likeness (QED) is 0.463. The summed E-state index contributed by atoms with van der Waals surface area (Å²) in [4.78, 5) is 23.2. The van der Waals surface area contributed by atoms with Crippen molar-refractivity contribution in [2.75, 3.05) is 6.61 Å². The van der Waals surface area contributed by atoms with Crippen molar-refractivity contribution in [3.63, 3.8) is 0 Å². The Balaban J connectivity index is 1.94. The van der Waals surface area contributed by atoms with Crippen LogP contribution >= 0.6 is 0 Å². The molecule has 3 nitrogen and oxygen atoms in total. The van der Waals surface area contributed by atoms with Crippen molar-refractivity contribution in [2.24, 2.45) is 0 Å². The third kappa shape index (κ3) is 4.32. The van der Waals surface area contributed by atoms with Gasteiger partial charge in [0.15, 0.2) is 0 Å². The van der Waals surface area contributed by atoms with E-state index in [1.54, 1.807) is 12.1 Å². The van der Waals surface area contributed by atoms with Crippen molar-refractivity contribution in [2.45, 2.75) is 5.92 Å². The van der Waals surface area contributed by atoms with Crippen LogP contribution in [0.25, 0.3) is 6.08 Å². The number of halogens is 2. The molecule has 0 aliphatic rings. The first-order valence-electron chi connectivity index (χ1n) is 6.88. The summed E-state index contributed by atoms with van der Waals surface area (Å²) in [6, 6.07) is 16.0. The van der Waals surface area contributed by atoms with Crippen LogP contribution in [0.15, 0.2) is 66.7 Å². The third-order valence-electron chi connectivity index (χ3n) is 3.00.